The second-order valence-corrected chi connectivity index (χ2v) is 10.4. The highest BCUT2D eigenvalue weighted by molar-refractivity contribution is 5.75. The topological polar surface area (TPSA) is 55.8 Å². The van der Waals surface area contributed by atoms with Gasteiger partial charge in [-0.25, -0.2) is 4.79 Å². The summed E-state index contributed by atoms with van der Waals surface area (Å²) in [6, 6.07) is 9.34. The quantitative estimate of drug-likeness (QED) is 0.821. The van der Waals surface area contributed by atoms with E-state index in [2.05, 4.69) is 41.4 Å². The van der Waals surface area contributed by atoms with Gasteiger partial charge in [-0.15, -0.1) is 0 Å². The predicted octanol–water partition coefficient (Wildman–Crippen LogP) is 2.90. The van der Waals surface area contributed by atoms with E-state index >= 15 is 0 Å². The second kappa shape index (κ2) is 7.28. The zero-order valence-corrected chi connectivity index (χ0v) is 17.7. The molecule has 2 N–H and O–H groups in total. The third-order valence-corrected chi connectivity index (χ3v) is 8.17. The fourth-order valence-corrected chi connectivity index (χ4v) is 7.28. The maximum atomic E-state index is 13.2. The SMILES string of the molecule is Cc1ccc(C23C[C@@H]4C[C@@H](CC(NC(=O)N5CCN(CCO)CC5)(C4)C2)C3)cc1. The van der Waals surface area contributed by atoms with Gasteiger partial charge in [0.25, 0.3) is 0 Å². The van der Waals surface area contributed by atoms with Gasteiger partial charge >= 0.3 is 6.03 Å². The molecule has 0 aromatic heterocycles. The third-order valence-electron chi connectivity index (χ3n) is 8.17. The van der Waals surface area contributed by atoms with Crippen molar-refractivity contribution in [2.75, 3.05) is 39.3 Å². The molecule has 1 aromatic rings. The predicted molar refractivity (Wildman–Crippen MR) is 114 cm³/mol. The summed E-state index contributed by atoms with van der Waals surface area (Å²) in [5.74, 6) is 1.50. The number of urea groups is 1. The molecular formula is C24H35N3O2. The first kappa shape index (κ1) is 19.4. The van der Waals surface area contributed by atoms with Crippen LogP contribution in [0.3, 0.4) is 0 Å². The van der Waals surface area contributed by atoms with Crippen molar-refractivity contribution in [3.63, 3.8) is 0 Å². The summed E-state index contributed by atoms with van der Waals surface area (Å²) in [5.41, 5.74) is 3.05. The number of aryl methyl sites for hydroxylation is 1. The molecule has 2 unspecified atom stereocenters. The van der Waals surface area contributed by atoms with E-state index in [1.807, 2.05) is 4.90 Å². The molecule has 4 bridgehead atoms. The number of rotatable bonds is 4. The van der Waals surface area contributed by atoms with E-state index in [-0.39, 0.29) is 23.6 Å². The van der Waals surface area contributed by atoms with E-state index in [0.717, 1.165) is 57.3 Å². The van der Waals surface area contributed by atoms with Gasteiger partial charge in [0.2, 0.25) is 0 Å². The molecular weight excluding hydrogens is 362 g/mol. The number of benzene rings is 1. The molecule has 0 radical (unpaired) electrons. The summed E-state index contributed by atoms with van der Waals surface area (Å²) in [7, 11) is 0. The first-order valence-electron chi connectivity index (χ1n) is 11.5. The average molecular weight is 398 g/mol. The number of amides is 2. The van der Waals surface area contributed by atoms with E-state index in [1.54, 1.807) is 0 Å². The van der Waals surface area contributed by atoms with Gasteiger partial charge in [-0.05, 0) is 68.3 Å². The highest BCUT2D eigenvalue weighted by Gasteiger charge is 2.58. The lowest BCUT2D eigenvalue weighted by atomic mass is 9.45. The lowest BCUT2D eigenvalue weighted by Gasteiger charge is -2.62. The largest absolute Gasteiger partial charge is 0.395 e. The van der Waals surface area contributed by atoms with Crippen molar-refractivity contribution < 1.29 is 9.90 Å². The molecule has 1 aliphatic heterocycles. The zero-order chi connectivity index (χ0) is 20.1. The number of carbonyl (C=O) groups is 1. The van der Waals surface area contributed by atoms with E-state index < -0.39 is 0 Å². The van der Waals surface area contributed by atoms with Gasteiger partial charge < -0.3 is 15.3 Å². The number of nitrogens with one attached hydrogen (secondary N) is 1. The Bertz CT molecular complexity index is 740. The van der Waals surface area contributed by atoms with Crippen LogP contribution in [0.4, 0.5) is 4.79 Å². The molecule has 0 spiro atoms. The Morgan fingerprint density at radius 2 is 1.72 bits per heavy atom. The van der Waals surface area contributed by atoms with Gasteiger partial charge in [0.05, 0.1) is 6.61 Å². The van der Waals surface area contributed by atoms with Crippen molar-refractivity contribution in [1.29, 1.82) is 0 Å². The van der Waals surface area contributed by atoms with E-state index in [0.29, 0.717) is 6.54 Å². The Hall–Kier alpha value is -1.59. The smallest absolute Gasteiger partial charge is 0.317 e. The van der Waals surface area contributed by atoms with E-state index in [9.17, 15) is 4.79 Å². The standard InChI is InChI=1S/C24H35N3O2/c1-18-2-4-21(5-3-18)23-13-19-12-20(14-23)16-24(15-19,17-23)25-22(29)27-8-6-26(7-9-27)10-11-28/h2-5,19-20,28H,6-17H2,1H3,(H,25,29)/t19-,20+,23?,24?. The van der Waals surface area contributed by atoms with Gasteiger partial charge in [-0.1, -0.05) is 29.8 Å². The molecule has 5 aliphatic rings. The molecule has 5 heteroatoms. The summed E-state index contributed by atoms with van der Waals surface area (Å²) in [5, 5.41) is 12.7. The van der Waals surface area contributed by atoms with Crippen molar-refractivity contribution in [2.45, 2.75) is 56.4 Å². The molecule has 4 aliphatic carbocycles. The maximum absolute atomic E-state index is 13.2. The molecule has 4 saturated carbocycles. The third kappa shape index (κ3) is 3.57. The monoisotopic (exact) mass is 397 g/mol. The van der Waals surface area contributed by atoms with Gasteiger partial charge in [-0.2, -0.15) is 0 Å². The van der Waals surface area contributed by atoms with E-state index in [4.69, 9.17) is 5.11 Å². The molecule has 29 heavy (non-hydrogen) atoms. The van der Waals surface area contributed by atoms with Gasteiger partial charge in [-0.3, -0.25) is 4.90 Å². The van der Waals surface area contributed by atoms with Crippen LogP contribution < -0.4 is 5.32 Å². The fraction of sp³-hybridized carbons (Fsp3) is 0.708. The van der Waals surface area contributed by atoms with Crippen LogP contribution in [-0.4, -0.2) is 65.8 Å². The molecule has 5 fully saturated rings. The summed E-state index contributed by atoms with van der Waals surface area (Å²) < 4.78 is 0. The number of hydrogen-bond acceptors (Lipinski definition) is 3. The van der Waals surface area contributed by atoms with E-state index in [1.165, 1.54) is 30.4 Å². The molecule has 1 heterocycles. The van der Waals surface area contributed by atoms with Gasteiger partial charge in [0.15, 0.2) is 0 Å². The number of aliphatic hydroxyl groups is 1. The van der Waals surface area contributed by atoms with Crippen LogP contribution >= 0.6 is 0 Å². The zero-order valence-electron chi connectivity index (χ0n) is 17.7. The van der Waals surface area contributed by atoms with Crippen LogP contribution in [0.15, 0.2) is 24.3 Å². The molecule has 4 atom stereocenters. The maximum Gasteiger partial charge on any atom is 0.317 e. The van der Waals surface area contributed by atoms with Crippen molar-refractivity contribution in [3.8, 4) is 0 Å². The Balaban J connectivity index is 1.31. The molecule has 6 rings (SSSR count). The number of hydrogen-bond donors (Lipinski definition) is 2. The lowest BCUT2D eigenvalue weighted by Crippen LogP contribution is -2.66. The normalized spacial score (nSPS) is 36.4. The van der Waals surface area contributed by atoms with Crippen LogP contribution in [0, 0.1) is 18.8 Å². The second-order valence-electron chi connectivity index (χ2n) is 10.4. The van der Waals surface area contributed by atoms with Crippen LogP contribution in [0.2, 0.25) is 0 Å². The highest BCUT2D eigenvalue weighted by Crippen LogP contribution is 2.62. The van der Waals surface area contributed by atoms with Crippen LogP contribution in [0.25, 0.3) is 0 Å². The van der Waals surface area contributed by atoms with Crippen LogP contribution in [-0.2, 0) is 5.41 Å². The van der Waals surface area contributed by atoms with Crippen LogP contribution in [0.5, 0.6) is 0 Å². The summed E-state index contributed by atoms with van der Waals surface area (Å²) in [4.78, 5) is 17.4. The molecule has 1 aromatic carbocycles. The number of carbonyl (C=O) groups excluding carboxylic acids is 1. The minimum Gasteiger partial charge on any atom is -0.395 e. The Morgan fingerprint density at radius 1 is 1.07 bits per heavy atom. The molecule has 1 saturated heterocycles. The first-order chi connectivity index (χ1) is 14.0. The Morgan fingerprint density at radius 3 is 2.34 bits per heavy atom. The lowest BCUT2D eigenvalue weighted by molar-refractivity contribution is -0.0372. The summed E-state index contributed by atoms with van der Waals surface area (Å²) in [6.07, 6.45) is 7.37. The summed E-state index contributed by atoms with van der Waals surface area (Å²) >= 11 is 0. The summed E-state index contributed by atoms with van der Waals surface area (Å²) in [6.45, 7) is 6.31. The van der Waals surface area contributed by atoms with Crippen molar-refractivity contribution in [3.05, 3.63) is 35.4 Å². The Labute approximate surface area is 174 Å². The molecule has 158 valence electrons. The first-order valence-corrected chi connectivity index (χ1v) is 11.5. The number of piperazine rings is 1. The average Bonchev–Trinajstić information content (AvgIpc) is 2.68. The minimum absolute atomic E-state index is 0.0196. The number of nitrogens with zero attached hydrogens (tertiary/aromatic N) is 2. The Kier molecular flexibility index (Phi) is 4.86. The van der Waals surface area contributed by atoms with Gasteiger partial charge in [0, 0.05) is 38.3 Å². The van der Waals surface area contributed by atoms with Crippen LogP contribution in [0.1, 0.15) is 49.7 Å². The number of β-amino-alcohol motifs (C(OH)–C–C–N with tert-alkyl or cyclic N) is 1. The van der Waals surface area contributed by atoms with Crippen molar-refractivity contribution in [1.82, 2.24) is 15.1 Å². The molecule has 2 amide bonds. The van der Waals surface area contributed by atoms with Crippen molar-refractivity contribution in [2.24, 2.45) is 11.8 Å². The highest BCUT2D eigenvalue weighted by atomic mass is 16.3. The molecule has 5 nitrogen and oxygen atoms in total. The fourth-order valence-electron chi connectivity index (χ4n) is 7.28. The van der Waals surface area contributed by atoms with Gasteiger partial charge in [0.1, 0.15) is 0 Å². The number of aliphatic hydroxyl groups excluding tert-OH is 1. The minimum atomic E-state index is -0.0196. The van der Waals surface area contributed by atoms with Crippen molar-refractivity contribution >= 4 is 6.03 Å².